The summed E-state index contributed by atoms with van der Waals surface area (Å²) in [7, 11) is 0. The van der Waals surface area contributed by atoms with Crippen LogP contribution < -0.4 is 0 Å². The van der Waals surface area contributed by atoms with Crippen LogP contribution in [0.25, 0.3) is 0 Å². The molecule has 0 nitrogen and oxygen atoms in total. The quantitative estimate of drug-likeness (QED) is 0.623. The first kappa shape index (κ1) is 11.6. The lowest BCUT2D eigenvalue weighted by Gasteiger charge is -2.24. The summed E-state index contributed by atoms with van der Waals surface area (Å²) in [6, 6.07) is 5.90. The van der Waals surface area contributed by atoms with Gasteiger partial charge in [-0.3, -0.25) is 0 Å². The molecule has 0 heterocycles. The van der Waals surface area contributed by atoms with Gasteiger partial charge in [-0.1, -0.05) is 36.2 Å². The first-order valence-corrected chi connectivity index (χ1v) is 6.30. The third kappa shape index (κ3) is 2.27. The van der Waals surface area contributed by atoms with Crippen molar-refractivity contribution >= 4 is 34.8 Å². The maximum absolute atomic E-state index is 6.16. The Morgan fingerprint density at radius 3 is 2.53 bits per heavy atom. The standard InChI is InChI=1S/C12H13Cl3/c1-12(5-4-9(13)7-12)8-2-3-10(14)11(15)6-8/h2-3,6,9H,4-5,7H2,1H3. The molecule has 0 amide bonds. The second-order valence-electron chi connectivity index (χ2n) is 4.53. The van der Waals surface area contributed by atoms with Crippen molar-refractivity contribution in [2.24, 2.45) is 0 Å². The highest BCUT2D eigenvalue weighted by molar-refractivity contribution is 6.42. The number of alkyl halides is 1. The number of hydrogen-bond donors (Lipinski definition) is 0. The molecule has 0 saturated heterocycles. The Morgan fingerprint density at radius 2 is 2.00 bits per heavy atom. The zero-order chi connectivity index (χ0) is 11.1. The van der Waals surface area contributed by atoms with Crippen LogP contribution in [0.15, 0.2) is 18.2 Å². The average Bonchev–Trinajstić information content (AvgIpc) is 2.52. The summed E-state index contributed by atoms with van der Waals surface area (Å²) in [6.07, 6.45) is 3.23. The van der Waals surface area contributed by atoms with Gasteiger partial charge >= 0.3 is 0 Å². The smallest absolute Gasteiger partial charge is 0.0595 e. The molecule has 0 bridgehead atoms. The number of hydrogen-bond acceptors (Lipinski definition) is 0. The van der Waals surface area contributed by atoms with Gasteiger partial charge in [-0.2, -0.15) is 0 Å². The molecule has 1 aliphatic carbocycles. The SMILES string of the molecule is CC1(c2ccc(Cl)c(Cl)c2)CCC(Cl)C1. The summed E-state index contributed by atoms with van der Waals surface area (Å²) in [5, 5.41) is 1.54. The Balaban J connectivity index is 2.33. The fraction of sp³-hybridized carbons (Fsp3) is 0.500. The highest BCUT2D eigenvalue weighted by Gasteiger charge is 2.35. The van der Waals surface area contributed by atoms with Crippen LogP contribution >= 0.6 is 34.8 Å². The van der Waals surface area contributed by atoms with Crippen LogP contribution in [0.3, 0.4) is 0 Å². The minimum absolute atomic E-state index is 0.167. The first-order valence-electron chi connectivity index (χ1n) is 5.11. The molecular weight excluding hydrogens is 250 g/mol. The summed E-state index contributed by atoms with van der Waals surface area (Å²) in [6.45, 7) is 2.24. The molecule has 0 radical (unpaired) electrons. The van der Waals surface area contributed by atoms with Gasteiger partial charge in [-0.15, -0.1) is 11.6 Å². The van der Waals surface area contributed by atoms with Crippen molar-refractivity contribution in [3.8, 4) is 0 Å². The van der Waals surface area contributed by atoms with Crippen molar-refractivity contribution in [2.45, 2.75) is 37.0 Å². The van der Waals surface area contributed by atoms with Crippen LogP contribution in [-0.2, 0) is 5.41 Å². The van der Waals surface area contributed by atoms with Crippen molar-refractivity contribution in [1.29, 1.82) is 0 Å². The zero-order valence-electron chi connectivity index (χ0n) is 8.56. The normalized spacial score (nSPS) is 30.8. The third-order valence-corrected chi connectivity index (χ3v) is 4.41. The molecule has 0 aromatic heterocycles. The molecule has 15 heavy (non-hydrogen) atoms. The Hall–Kier alpha value is 0.0900. The molecule has 3 heteroatoms. The predicted molar refractivity (Wildman–Crippen MR) is 67.3 cm³/mol. The largest absolute Gasteiger partial charge is 0.123 e. The monoisotopic (exact) mass is 262 g/mol. The Bertz CT molecular complexity index is 375. The highest BCUT2D eigenvalue weighted by atomic mass is 35.5. The minimum atomic E-state index is 0.167. The second-order valence-corrected chi connectivity index (χ2v) is 5.96. The van der Waals surface area contributed by atoms with E-state index in [1.807, 2.05) is 12.1 Å². The molecular formula is C12H13Cl3. The van der Waals surface area contributed by atoms with E-state index in [2.05, 4.69) is 13.0 Å². The van der Waals surface area contributed by atoms with Crippen LogP contribution in [0.5, 0.6) is 0 Å². The predicted octanol–water partition coefficient (Wildman–Crippen LogP) is 5.04. The number of benzene rings is 1. The molecule has 2 unspecified atom stereocenters. The Kier molecular flexibility index (Phi) is 3.21. The molecule has 1 fully saturated rings. The molecule has 2 rings (SSSR count). The summed E-state index contributed by atoms with van der Waals surface area (Å²) in [4.78, 5) is 0. The molecule has 82 valence electrons. The van der Waals surface area contributed by atoms with Crippen molar-refractivity contribution < 1.29 is 0 Å². The van der Waals surface area contributed by atoms with Gasteiger partial charge in [0.15, 0.2) is 0 Å². The molecule has 1 aromatic carbocycles. The van der Waals surface area contributed by atoms with Gasteiger partial charge in [0.25, 0.3) is 0 Å². The lowest BCUT2D eigenvalue weighted by atomic mass is 9.81. The zero-order valence-corrected chi connectivity index (χ0v) is 10.8. The van der Waals surface area contributed by atoms with Gasteiger partial charge in [0.05, 0.1) is 10.0 Å². The van der Waals surface area contributed by atoms with Gasteiger partial charge in [0.1, 0.15) is 0 Å². The highest BCUT2D eigenvalue weighted by Crippen LogP contribution is 2.43. The van der Waals surface area contributed by atoms with E-state index in [1.54, 1.807) is 0 Å². The molecule has 2 atom stereocenters. The van der Waals surface area contributed by atoms with Crippen LogP contribution in [0.4, 0.5) is 0 Å². The summed E-state index contributed by atoms with van der Waals surface area (Å²) >= 11 is 18.1. The van der Waals surface area contributed by atoms with Crippen molar-refractivity contribution in [3.05, 3.63) is 33.8 Å². The molecule has 1 aromatic rings. The van der Waals surface area contributed by atoms with E-state index in [0.29, 0.717) is 15.4 Å². The van der Waals surface area contributed by atoms with E-state index in [-0.39, 0.29) is 5.41 Å². The van der Waals surface area contributed by atoms with E-state index >= 15 is 0 Å². The average molecular weight is 264 g/mol. The van der Waals surface area contributed by atoms with E-state index < -0.39 is 0 Å². The van der Waals surface area contributed by atoms with E-state index in [4.69, 9.17) is 34.8 Å². The second kappa shape index (κ2) is 4.16. The minimum Gasteiger partial charge on any atom is -0.123 e. The van der Waals surface area contributed by atoms with Gasteiger partial charge in [-0.25, -0.2) is 0 Å². The van der Waals surface area contributed by atoms with Crippen molar-refractivity contribution in [1.82, 2.24) is 0 Å². The van der Waals surface area contributed by atoms with Crippen molar-refractivity contribution in [3.63, 3.8) is 0 Å². The van der Waals surface area contributed by atoms with E-state index in [1.165, 1.54) is 5.56 Å². The van der Waals surface area contributed by atoms with E-state index in [9.17, 15) is 0 Å². The Morgan fingerprint density at radius 1 is 1.27 bits per heavy atom. The van der Waals surface area contributed by atoms with Crippen LogP contribution in [0.2, 0.25) is 10.0 Å². The van der Waals surface area contributed by atoms with Gasteiger partial charge < -0.3 is 0 Å². The fourth-order valence-electron chi connectivity index (χ4n) is 2.30. The first-order chi connectivity index (χ1) is 7.01. The van der Waals surface area contributed by atoms with Crippen molar-refractivity contribution in [2.75, 3.05) is 0 Å². The number of rotatable bonds is 1. The molecule has 0 N–H and O–H groups in total. The fourth-order valence-corrected chi connectivity index (χ4v) is 3.05. The summed E-state index contributed by atoms with van der Waals surface area (Å²) in [5.74, 6) is 0. The van der Waals surface area contributed by atoms with Crippen LogP contribution in [0, 0.1) is 0 Å². The van der Waals surface area contributed by atoms with Crippen LogP contribution in [-0.4, -0.2) is 5.38 Å². The molecule has 0 spiro atoms. The third-order valence-electron chi connectivity index (χ3n) is 3.30. The maximum atomic E-state index is 6.16. The number of halogens is 3. The maximum Gasteiger partial charge on any atom is 0.0595 e. The molecule has 1 saturated carbocycles. The lowest BCUT2D eigenvalue weighted by molar-refractivity contribution is 0.492. The van der Waals surface area contributed by atoms with Gasteiger partial charge in [0, 0.05) is 5.38 Å². The van der Waals surface area contributed by atoms with Crippen LogP contribution in [0.1, 0.15) is 31.7 Å². The van der Waals surface area contributed by atoms with E-state index in [0.717, 1.165) is 19.3 Å². The Labute approximate surface area is 106 Å². The topological polar surface area (TPSA) is 0 Å². The molecule has 1 aliphatic rings. The lowest BCUT2D eigenvalue weighted by Crippen LogP contribution is -2.17. The summed E-state index contributed by atoms with van der Waals surface area (Å²) < 4.78 is 0. The van der Waals surface area contributed by atoms with Gasteiger partial charge in [0.2, 0.25) is 0 Å². The summed E-state index contributed by atoms with van der Waals surface area (Å²) in [5.41, 5.74) is 1.42. The van der Waals surface area contributed by atoms with Gasteiger partial charge in [-0.05, 0) is 42.4 Å². The molecule has 0 aliphatic heterocycles.